The van der Waals surface area contributed by atoms with E-state index in [1.165, 1.54) is 12.4 Å². The van der Waals surface area contributed by atoms with Gasteiger partial charge in [0.05, 0.1) is 23.5 Å². The van der Waals surface area contributed by atoms with Crippen LogP contribution < -0.4 is 19.7 Å². The minimum absolute atomic E-state index is 0.256. The molecule has 3 aromatic rings. The molecule has 0 fully saturated rings. The molecule has 9 nitrogen and oxygen atoms in total. The van der Waals surface area contributed by atoms with E-state index in [0.717, 1.165) is 50.3 Å². The molecule has 42 heavy (non-hydrogen) atoms. The van der Waals surface area contributed by atoms with Crippen LogP contribution in [0.1, 0.15) is 53.4 Å². The molecular weight excluding hydrogens is 533 g/mol. The van der Waals surface area contributed by atoms with Gasteiger partial charge in [-0.25, -0.2) is 24.4 Å². The van der Waals surface area contributed by atoms with E-state index in [9.17, 15) is 0 Å². The number of unbranched alkanes of at least 4 members (excludes halogenated alkanes) is 2. The van der Waals surface area contributed by atoms with Gasteiger partial charge in [0.25, 0.3) is 0 Å². The van der Waals surface area contributed by atoms with Gasteiger partial charge in [-0.3, -0.25) is 0 Å². The zero-order valence-electron chi connectivity index (χ0n) is 24.7. The van der Waals surface area contributed by atoms with E-state index < -0.39 is 5.82 Å². The van der Waals surface area contributed by atoms with E-state index >= 15 is 4.39 Å². The van der Waals surface area contributed by atoms with Crippen molar-refractivity contribution in [3.63, 3.8) is 0 Å². The monoisotopic (exact) mass is 571 g/mol. The molecule has 220 valence electrons. The van der Waals surface area contributed by atoms with Crippen molar-refractivity contribution in [2.75, 3.05) is 29.9 Å². The topological polar surface area (TPSA) is 88.0 Å². The normalized spacial score (nSPS) is 17.8. The van der Waals surface area contributed by atoms with Crippen LogP contribution in [0.25, 0.3) is 11.0 Å². The molecule has 1 atom stereocenters. The van der Waals surface area contributed by atoms with Crippen molar-refractivity contribution in [2.45, 2.75) is 53.4 Å². The quantitative estimate of drug-likeness (QED) is 0.200. The van der Waals surface area contributed by atoms with Crippen LogP contribution in [0.15, 0.2) is 71.6 Å². The van der Waals surface area contributed by atoms with Gasteiger partial charge in [-0.1, -0.05) is 39.7 Å². The van der Waals surface area contributed by atoms with Gasteiger partial charge >= 0.3 is 0 Å². The predicted molar refractivity (Wildman–Crippen MR) is 166 cm³/mol. The van der Waals surface area contributed by atoms with E-state index in [1.54, 1.807) is 29.4 Å². The molecule has 1 aromatic carbocycles. The van der Waals surface area contributed by atoms with Gasteiger partial charge in [0.1, 0.15) is 29.2 Å². The molecule has 1 unspecified atom stereocenters. The number of anilines is 3. The highest BCUT2D eigenvalue weighted by molar-refractivity contribution is 5.90. The highest BCUT2D eigenvalue weighted by atomic mass is 19.1. The van der Waals surface area contributed by atoms with Crippen molar-refractivity contribution in [2.24, 2.45) is 11.0 Å². The highest BCUT2D eigenvalue weighted by Gasteiger charge is 2.24. The molecule has 0 saturated carbocycles. The Balaban J connectivity index is 1.39. The van der Waals surface area contributed by atoms with Gasteiger partial charge in [0.2, 0.25) is 0 Å². The lowest BCUT2D eigenvalue weighted by Crippen LogP contribution is -2.30. The standard InChI is InChI=1S/C32H38FN7O2/c1-5-8-9-14-39-19-22(4)20-41-29-18-28-30(38-32(29)39)31(35-21-34-28)37-27-12-11-24(17-26(27)33)42-25-13-15-40(36-7-3)23(16-25)10-6-2/h7,10-13,15-18,21-22H,5-6,8-9,14,19-20H2,1-4H3,(H,34,35,37)/b23-10+,36-7-. The summed E-state index contributed by atoms with van der Waals surface area (Å²) in [7, 11) is 0. The molecule has 0 saturated heterocycles. The van der Waals surface area contributed by atoms with Crippen molar-refractivity contribution in [1.82, 2.24) is 20.0 Å². The molecule has 0 radical (unpaired) electrons. The summed E-state index contributed by atoms with van der Waals surface area (Å²) in [6.45, 7) is 10.7. The first kappa shape index (κ1) is 29.0. The molecule has 0 amide bonds. The minimum atomic E-state index is -0.478. The summed E-state index contributed by atoms with van der Waals surface area (Å²) in [5.41, 5.74) is 2.33. The first-order valence-corrected chi connectivity index (χ1v) is 14.6. The number of halogens is 1. The molecule has 4 heterocycles. The number of nitrogens with one attached hydrogen (secondary N) is 1. The van der Waals surface area contributed by atoms with Crippen molar-refractivity contribution in [3.05, 3.63) is 72.3 Å². The van der Waals surface area contributed by atoms with E-state index in [2.05, 4.69) is 46.1 Å². The fourth-order valence-corrected chi connectivity index (χ4v) is 4.95. The van der Waals surface area contributed by atoms with Crippen LogP contribution in [0.3, 0.4) is 0 Å². The number of hydrazone groups is 1. The maximum atomic E-state index is 15.3. The molecule has 5 rings (SSSR count). The third kappa shape index (κ3) is 6.70. The van der Waals surface area contributed by atoms with Gasteiger partial charge in [-0.05, 0) is 38.0 Å². The lowest BCUT2D eigenvalue weighted by molar-refractivity contribution is 0.273. The Kier molecular flexibility index (Phi) is 9.31. The maximum absolute atomic E-state index is 15.3. The molecule has 2 aliphatic heterocycles. The van der Waals surface area contributed by atoms with Crippen molar-refractivity contribution < 1.29 is 13.9 Å². The second-order valence-corrected chi connectivity index (χ2v) is 10.5. The number of pyridine rings is 1. The van der Waals surface area contributed by atoms with Gasteiger partial charge in [0, 0.05) is 49.6 Å². The first-order chi connectivity index (χ1) is 20.5. The van der Waals surface area contributed by atoms with Crippen LogP contribution in [0, 0.1) is 11.7 Å². The highest BCUT2D eigenvalue weighted by Crippen LogP contribution is 2.35. The van der Waals surface area contributed by atoms with E-state index in [1.807, 2.05) is 31.3 Å². The van der Waals surface area contributed by atoms with Gasteiger partial charge < -0.3 is 19.7 Å². The van der Waals surface area contributed by atoms with Crippen molar-refractivity contribution in [1.29, 1.82) is 0 Å². The zero-order chi connectivity index (χ0) is 29.5. The van der Waals surface area contributed by atoms with Crippen LogP contribution in [0.4, 0.5) is 21.7 Å². The fraction of sp³-hybridized carbons (Fsp3) is 0.375. The maximum Gasteiger partial charge on any atom is 0.172 e. The predicted octanol–water partition coefficient (Wildman–Crippen LogP) is 7.32. The minimum Gasteiger partial charge on any atom is -0.489 e. The Morgan fingerprint density at radius 2 is 2.10 bits per heavy atom. The Labute approximate surface area is 246 Å². The van der Waals surface area contributed by atoms with Gasteiger partial charge in [0.15, 0.2) is 17.4 Å². The van der Waals surface area contributed by atoms with E-state index in [0.29, 0.717) is 46.6 Å². The average Bonchev–Trinajstić information content (AvgIpc) is 3.13. The SMILES string of the molecule is C/C=N\N1C=CC(Oc2ccc(Nc3ncnc4cc5c(nc34)N(CCCCC)CC(C)CO5)c(F)c2)=C/C1=C\CC. The summed E-state index contributed by atoms with van der Waals surface area (Å²) >= 11 is 0. The Morgan fingerprint density at radius 3 is 2.88 bits per heavy atom. The molecule has 2 aliphatic rings. The van der Waals surface area contributed by atoms with Crippen LogP contribution in [0.5, 0.6) is 11.5 Å². The molecular formula is C32H38FN7O2. The zero-order valence-corrected chi connectivity index (χ0v) is 24.7. The number of benzene rings is 1. The molecule has 0 aliphatic carbocycles. The molecule has 10 heteroatoms. The van der Waals surface area contributed by atoms with E-state index in [-0.39, 0.29) is 5.69 Å². The number of allylic oxidation sites excluding steroid dienone is 3. The van der Waals surface area contributed by atoms with Crippen LogP contribution in [-0.2, 0) is 0 Å². The van der Waals surface area contributed by atoms with Crippen molar-refractivity contribution in [3.8, 4) is 11.5 Å². The third-order valence-electron chi connectivity index (χ3n) is 6.96. The van der Waals surface area contributed by atoms with E-state index in [4.69, 9.17) is 14.5 Å². The number of rotatable bonds is 10. The largest absolute Gasteiger partial charge is 0.489 e. The lowest BCUT2D eigenvalue weighted by atomic mass is 10.1. The van der Waals surface area contributed by atoms with Crippen LogP contribution in [-0.4, -0.2) is 45.9 Å². The Hall–Kier alpha value is -4.47. The molecule has 1 N–H and O–H groups in total. The lowest BCUT2D eigenvalue weighted by Gasteiger charge is -2.24. The molecule has 2 aromatic heterocycles. The summed E-state index contributed by atoms with van der Waals surface area (Å²) < 4.78 is 27.4. The number of ether oxygens (including phenoxy) is 2. The second-order valence-electron chi connectivity index (χ2n) is 10.5. The molecule has 0 bridgehead atoms. The summed E-state index contributed by atoms with van der Waals surface area (Å²) in [4.78, 5) is 16.1. The summed E-state index contributed by atoms with van der Waals surface area (Å²) in [6.07, 6.45) is 14.9. The number of aromatic nitrogens is 3. The number of fused-ring (bicyclic) bond motifs is 2. The average molecular weight is 572 g/mol. The number of nitrogens with zero attached hydrogens (tertiary/aromatic N) is 6. The van der Waals surface area contributed by atoms with Crippen LogP contribution >= 0.6 is 0 Å². The fourth-order valence-electron chi connectivity index (χ4n) is 4.95. The smallest absolute Gasteiger partial charge is 0.172 e. The summed E-state index contributed by atoms with van der Waals surface area (Å²) in [5, 5.41) is 9.21. The summed E-state index contributed by atoms with van der Waals surface area (Å²) in [6, 6.07) is 6.60. The number of hydrogen-bond acceptors (Lipinski definition) is 9. The summed E-state index contributed by atoms with van der Waals surface area (Å²) in [5.74, 6) is 2.76. The van der Waals surface area contributed by atoms with Crippen molar-refractivity contribution >= 4 is 34.6 Å². The first-order valence-electron chi connectivity index (χ1n) is 14.6. The number of hydrogen-bond donors (Lipinski definition) is 1. The van der Waals surface area contributed by atoms with Gasteiger partial charge in [-0.2, -0.15) is 5.10 Å². The van der Waals surface area contributed by atoms with Gasteiger partial charge in [-0.15, -0.1) is 0 Å². The Morgan fingerprint density at radius 1 is 1.21 bits per heavy atom. The third-order valence-corrected chi connectivity index (χ3v) is 6.96. The second kappa shape index (κ2) is 13.5. The van der Waals surface area contributed by atoms with Crippen LogP contribution in [0.2, 0.25) is 0 Å². The Bertz CT molecular complexity index is 1530. The molecule has 0 spiro atoms.